The number of benzene rings is 2. The minimum Gasteiger partial charge on any atom is -0.495 e. The van der Waals surface area contributed by atoms with Gasteiger partial charge < -0.3 is 10.1 Å². The molecule has 29 heavy (non-hydrogen) atoms. The molecule has 2 aromatic rings. The third-order valence-electron chi connectivity index (χ3n) is 5.05. The monoisotopic (exact) mass is 417 g/mol. The number of rotatable bonds is 10. The van der Waals surface area contributed by atoms with Crippen molar-refractivity contribution in [2.45, 2.75) is 52.6 Å². The zero-order valence-electron chi connectivity index (χ0n) is 17.8. The smallest absolute Gasteiger partial charge is 0.256 e. The third kappa shape index (κ3) is 6.09. The van der Waals surface area contributed by atoms with Crippen molar-refractivity contribution in [3.8, 4) is 11.8 Å². The van der Waals surface area contributed by atoms with Crippen molar-refractivity contribution in [3.05, 3.63) is 41.5 Å². The molecule has 0 aliphatic rings. The second kappa shape index (κ2) is 12.3. The van der Waals surface area contributed by atoms with Crippen LogP contribution < -0.4 is 10.1 Å². The maximum atomic E-state index is 13.1. The molecule has 6 heteroatoms. The second-order valence-corrected chi connectivity index (χ2v) is 7.05. The molecule has 2 rings (SSSR count). The number of ether oxygens (including phenoxy) is 1. The minimum atomic E-state index is -0.218. The van der Waals surface area contributed by atoms with Crippen LogP contribution in [0.25, 0.3) is 10.8 Å². The van der Waals surface area contributed by atoms with Gasteiger partial charge in [-0.1, -0.05) is 51.0 Å². The molecule has 0 saturated heterocycles. The van der Waals surface area contributed by atoms with E-state index in [1.807, 2.05) is 31.2 Å². The number of carbonyl (C=O) groups excluding carboxylic acids is 1. The highest BCUT2D eigenvalue weighted by molar-refractivity contribution is 6.05. The van der Waals surface area contributed by atoms with Gasteiger partial charge in [-0.3, -0.25) is 9.69 Å². The predicted molar refractivity (Wildman–Crippen MR) is 121 cm³/mol. The van der Waals surface area contributed by atoms with Gasteiger partial charge in [-0.2, -0.15) is 5.26 Å². The average molecular weight is 418 g/mol. The molecule has 158 valence electrons. The molecule has 0 fully saturated rings. The van der Waals surface area contributed by atoms with E-state index in [9.17, 15) is 10.1 Å². The van der Waals surface area contributed by atoms with Crippen molar-refractivity contribution < 1.29 is 9.53 Å². The molecule has 0 bridgehead atoms. The van der Waals surface area contributed by atoms with Crippen LogP contribution in [0.1, 0.15) is 62.4 Å². The van der Waals surface area contributed by atoms with E-state index in [-0.39, 0.29) is 24.5 Å². The molecule has 1 amide bonds. The Kier molecular flexibility index (Phi) is 10.5. The lowest BCUT2D eigenvalue weighted by molar-refractivity contribution is 0.0858. The van der Waals surface area contributed by atoms with E-state index in [1.165, 1.54) is 0 Å². The summed E-state index contributed by atoms with van der Waals surface area (Å²) in [6.07, 6.45) is 4.34. The van der Waals surface area contributed by atoms with Crippen molar-refractivity contribution >= 4 is 29.1 Å². The van der Waals surface area contributed by atoms with Gasteiger partial charge in [0.05, 0.1) is 30.5 Å². The first-order valence-electron chi connectivity index (χ1n) is 10.1. The average Bonchev–Trinajstić information content (AvgIpc) is 2.72. The Morgan fingerprint density at radius 1 is 1.17 bits per heavy atom. The van der Waals surface area contributed by atoms with Crippen LogP contribution in [-0.2, 0) is 0 Å². The van der Waals surface area contributed by atoms with Gasteiger partial charge in [0.15, 0.2) is 0 Å². The lowest BCUT2D eigenvalue weighted by Gasteiger charge is -2.30. The van der Waals surface area contributed by atoms with E-state index in [1.54, 1.807) is 13.2 Å². The summed E-state index contributed by atoms with van der Waals surface area (Å²) in [4.78, 5) is 15.4. The predicted octanol–water partition coefficient (Wildman–Crippen LogP) is 5.12. The second-order valence-electron chi connectivity index (χ2n) is 7.05. The van der Waals surface area contributed by atoms with Crippen LogP contribution in [0.5, 0.6) is 5.75 Å². The molecule has 2 aromatic carbocycles. The topological polar surface area (TPSA) is 65.4 Å². The largest absolute Gasteiger partial charge is 0.495 e. The summed E-state index contributed by atoms with van der Waals surface area (Å²) in [5.74, 6) is 0.289. The van der Waals surface area contributed by atoms with Crippen LogP contribution >= 0.6 is 12.4 Å². The SMILES string of the molecule is CCCCN(CCCC)C(C)NC(=O)c1cc(C#N)c2ccccc2c1OC.Cl. The van der Waals surface area contributed by atoms with Crippen molar-refractivity contribution in [3.63, 3.8) is 0 Å². The van der Waals surface area contributed by atoms with Gasteiger partial charge in [-0.05, 0) is 25.8 Å². The number of unbranched alkanes of at least 4 members (excludes halogenated alkanes) is 2. The van der Waals surface area contributed by atoms with Gasteiger partial charge in [0.1, 0.15) is 5.75 Å². The minimum absolute atomic E-state index is 0. The van der Waals surface area contributed by atoms with E-state index in [4.69, 9.17) is 4.74 Å². The Bertz CT molecular complexity index is 840. The number of nitriles is 1. The number of halogens is 1. The number of nitrogens with one attached hydrogen (secondary N) is 1. The van der Waals surface area contributed by atoms with Crippen molar-refractivity contribution in [2.24, 2.45) is 0 Å². The summed E-state index contributed by atoms with van der Waals surface area (Å²) in [5, 5.41) is 14.2. The number of carbonyl (C=O) groups is 1. The van der Waals surface area contributed by atoms with E-state index in [2.05, 4.69) is 30.1 Å². The van der Waals surface area contributed by atoms with Crippen LogP contribution in [0.15, 0.2) is 30.3 Å². The molecular weight excluding hydrogens is 386 g/mol. The molecule has 0 aliphatic carbocycles. The molecule has 0 spiro atoms. The Morgan fingerprint density at radius 3 is 2.28 bits per heavy atom. The van der Waals surface area contributed by atoms with Crippen LogP contribution in [0.4, 0.5) is 0 Å². The number of hydrogen-bond donors (Lipinski definition) is 1. The van der Waals surface area contributed by atoms with Crippen LogP contribution in [0.3, 0.4) is 0 Å². The standard InChI is InChI=1S/C23H31N3O2.ClH/c1-5-7-13-26(14-8-6-2)17(3)25-23(27)21-15-18(16-24)19-11-9-10-12-20(19)22(21)28-4;/h9-12,15,17H,5-8,13-14H2,1-4H3,(H,25,27);1H. The van der Waals surface area contributed by atoms with Crippen LogP contribution in [0, 0.1) is 11.3 Å². The van der Waals surface area contributed by atoms with Crippen molar-refractivity contribution in [1.82, 2.24) is 10.2 Å². The van der Waals surface area contributed by atoms with Crippen LogP contribution in [0.2, 0.25) is 0 Å². The highest BCUT2D eigenvalue weighted by Crippen LogP contribution is 2.32. The highest BCUT2D eigenvalue weighted by atomic mass is 35.5. The quantitative estimate of drug-likeness (QED) is 0.545. The van der Waals surface area contributed by atoms with Gasteiger partial charge in [-0.25, -0.2) is 0 Å². The summed E-state index contributed by atoms with van der Waals surface area (Å²) < 4.78 is 5.57. The zero-order chi connectivity index (χ0) is 20.5. The Morgan fingerprint density at radius 2 is 1.76 bits per heavy atom. The Hall–Kier alpha value is -2.29. The summed E-state index contributed by atoms with van der Waals surface area (Å²) in [6, 6.07) is 11.3. The molecule has 0 aromatic heterocycles. The van der Waals surface area contributed by atoms with Crippen LogP contribution in [-0.4, -0.2) is 37.2 Å². The van der Waals surface area contributed by atoms with Gasteiger partial charge in [0.25, 0.3) is 5.91 Å². The van der Waals surface area contributed by atoms with E-state index < -0.39 is 0 Å². The normalized spacial score (nSPS) is 11.6. The molecule has 0 aliphatic heterocycles. The first kappa shape index (κ1) is 24.7. The highest BCUT2D eigenvalue weighted by Gasteiger charge is 2.21. The first-order chi connectivity index (χ1) is 13.6. The lowest BCUT2D eigenvalue weighted by atomic mass is 9.99. The molecule has 1 atom stereocenters. The molecular formula is C23H32ClN3O2. The maximum absolute atomic E-state index is 13.1. The molecule has 5 nitrogen and oxygen atoms in total. The lowest BCUT2D eigenvalue weighted by Crippen LogP contribution is -2.47. The van der Waals surface area contributed by atoms with Gasteiger partial charge in [0.2, 0.25) is 0 Å². The molecule has 0 heterocycles. The summed E-state index contributed by atoms with van der Waals surface area (Å²) in [5.41, 5.74) is 0.874. The Labute approximate surface area is 180 Å². The maximum Gasteiger partial charge on any atom is 0.256 e. The summed E-state index contributed by atoms with van der Waals surface area (Å²) in [7, 11) is 1.56. The van der Waals surface area contributed by atoms with Crippen molar-refractivity contribution in [1.29, 1.82) is 5.26 Å². The fourth-order valence-electron chi connectivity index (χ4n) is 3.41. The number of nitrogens with zero attached hydrogens (tertiary/aromatic N) is 2. The number of hydrogen-bond acceptors (Lipinski definition) is 4. The fourth-order valence-corrected chi connectivity index (χ4v) is 3.41. The van der Waals surface area contributed by atoms with Gasteiger partial charge >= 0.3 is 0 Å². The molecule has 1 unspecified atom stereocenters. The summed E-state index contributed by atoms with van der Waals surface area (Å²) >= 11 is 0. The molecule has 0 saturated carbocycles. The van der Waals surface area contributed by atoms with E-state index >= 15 is 0 Å². The number of methoxy groups -OCH3 is 1. The van der Waals surface area contributed by atoms with E-state index in [0.29, 0.717) is 16.9 Å². The van der Waals surface area contributed by atoms with E-state index in [0.717, 1.165) is 49.5 Å². The van der Waals surface area contributed by atoms with Gasteiger partial charge in [-0.15, -0.1) is 12.4 Å². The van der Waals surface area contributed by atoms with Crippen molar-refractivity contribution in [2.75, 3.05) is 20.2 Å². The summed E-state index contributed by atoms with van der Waals surface area (Å²) in [6.45, 7) is 8.27. The fraction of sp³-hybridized carbons (Fsp3) is 0.478. The molecule has 1 N–H and O–H groups in total. The van der Waals surface area contributed by atoms with Gasteiger partial charge in [0, 0.05) is 23.9 Å². The molecule has 0 radical (unpaired) electrons. The first-order valence-corrected chi connectivity index (χ1v) is 10.1. The number of fused-ring (bicyclic) bond motifs is 1. The Balaban J connectivity index is 0.00000420. The zero-order valence-corrected chi connectivity index (χ0v) is 18.6. The number of amides is 1. The third-order valence-corrected chi connectivity index (χ3v) is 5.05.